The number of hydrogen-bond donors (Lipinski definition) is 1. The minimum absolute atomic E-state index is 0.0557. The van der Waals surface area contributed by atoms with Gasteiger partial charge in [0, 0.05) is 0 Å². The standard InChI is InChI=1S/C22H19FO4S/c1-22(15-3-2-4-20(22)21(24)25)28(26,27)19-13-9-17(10-14-19)6-5-16-7-11-18(23)12-8-16/h2-15,20H,1H3,(H,24,25)/b6-5+. The Hall–Kier alpha value is -2.99. The summed E-state index contributed by atoms with van der Waals surface area (Å²) in [5.41, 5.74) is 1.58. The van der Waals surface area contributed by atoms with Crippen molar-refractivity contribution < 1.29 is 22.7 Å². The largest absolute Gasteiger partial charge is 0.481 e. The van der Waals surface area contributed by atoms with Crippen LogP contribution < -0.4 is 0 Å². The number of aliphatic carboxylic acids is 1. The summed E-state index contributed by atoms with van der Waals surface area (Å²) in [4.78, 5) is 11.6. The lowest BCUT2D eigenvalue weighted by Crippen LogP contribution is -2.45. The maximum Gasteiger partial charge on any atom is 0.312 e. The molecule has 0 saturated heterocycles. The fraction of sp³-hybridized carbons (Fsp3) is 0.136. The van der Waals surface area contributed by atoms with Gasteiger partial charge in [-0.05, 0) is 42.3 Å². The third-order valence-electron chi connectivity index (χ3n) is 4.83. The van der Waals surface area contributed by atoms with E-state index in [1.54, 1.807) is 48.6 Å². The van der Waals surface area contributed by atoms with Crippen molar-refractivity contribution in [1.29, 1.82) is 0 Å². The van der Waals surface area contributed by atoms with E-state index in [2.05, 4.69) is 0 Å². The van der Waals surface area contributed by atoms with Crippen LogP contribution in [0.2, 0.25) is 0 Å². The van der Waals surface area contributed by atoms with Crippen LogP contribution in [0.4, 0.5) is 4.39 Å². The van der Waals surface area contributed by atoms with Gasteiger partial charge in [0.15, 0.2) is 9.84 Å². The van der Waals surface area contributed by atoms with Gasteiger partial charge in [-0.1, -0.05) is 60.7 Å². The van der Waals surface area contributed by atoms with Gasteiger partial charge >= 0.3 is 5.97 Å². The monoisotopic (exact) mass is 398 g/mol. The van der Waals surface area contributed by atoms with Crippen LogP contribution in [0.25, 0.3) is 12.2 Å². The second kappa shape index (κ2) is 7.56. The van der Waals surface area contributed by atoms with Crippen LogP contribution in [0.15, 0.2) is 77.7 Å². The predicted molar refractivity (Wildman–Crippen MR) is 107 cm³/mol. The predicted octanol–water partition coefficient (Wildman–Crippen LogP) is 4.36. The molecule has 0 radical (unpaired) electrons. The molecule has 0 amide bonds. The Kier molecular flexibility index (Phi) is 5.34. The number of carbonyl (C=O) groups is 1. The molecule has 28 heavy (non-hydrogen) atoms. The number of allylic oxidation sites excluding steroid dienone is 2. The topological polar surface area (TPSA) is 71.4 Å². The highest BCUT2D eigenvalue weighted by Gasteiger charge is 2.48. The second-order valence-electron chi connectivity index (χ2n) is 6.70. The van der Waals surface area contributed by atoms with E-state index in [-0.39, 0.29) is 10.7 Å². The Morgan fingerprint density at radius 1 is 1.00 bits per heavy atom. The van der Waals surface area contributed by atoms with E-state index in [1.807, 2.05) is 0 Å². The van der Waals surface area contributed by atoms with Crippen molar-refractivity contribution in [2.45, 2.75) is 16.6 Å². The quantitative estimate of drug-likeness (QED) is 0.760. The summed E-state index contributed by atoms with van der Waals surface area (Å²) in [5.74, 6) is -2.67. The molecule has 2 unspecified atom stereocenters. The van der Waals surface area contributed by atoms with Gasteiger partial charge in [-0.15, -0.1) is 0 Å². The van der Waals surface area contributed by atoms with E-state index in [4.69, 9.17) is 0 Å². The number of benzene rings is 2. The van der Waals surface area contributed by atoms with E-state index in [1.165, 1.54) is 43.3 Å². The normalized spacial score (nSPS) is 21.9. The molecule has 2 aromatic rings. The Morgan fingerprint density at radius 2 is 1.54 bits per heavy atom. The van der Waals surface area contributed by atoms with E-state index < -0.39 is 26.5 Å². The van der Waals surface area contributed by atoms with Crippen molar-refractivity contribution in [2.24, 2.45) is 5.92 Å². The summed E-state index contributed by atoms with van der Waals surface area (Å²) in [6.07, 6.45) is 9.48. The van der Waals surface area contributed by atoms with Crippen molar-refractivity contribution in [1.82, 2.24) is 0 Å². The number of hydrogen-bond acceptors (Lipinski definition) is 3. The highest BCUT2D eigenvalue weighted by Crippen LogP contribution is 2.37. The lowest BCUT2D eigenvalue weighted by Gasteiger charge is -2.32. The van der Waals surface area contributed by atoms with Gasteiger partial charge in [0.05, 0.1) is 10.8 Å². The van der Waals surface area contributed by atoms with Crippen LogP contribution in [0.5, 0.6) is 0 Å². The molecule has 144 valence electrons. The van der Waals surface area contributed by atoms with Crippen LogP contribution in [0, 0.1) is 11.7 Å². The molecule has 0 bridgehead atoms. The average Bonchev–Trinajstić information content (AvgIpc) is 2.68. The number of carboxylic acids is 1. The number of carboxylic acid groups (broad SMARTS) is 1. The number of sulfone groups is 1. The lowest BCUT2D eigenvalue weighted by atomic mass is 9.89. The molecular formula is C22H19FO4S. The van der Waals surface area contributed by atoms with Crippen molar-refractivity contribution >= 4 is 28.0 Å². The summed E-state index contributed by atoms with van der Waals surface area (Å²) < 4.78 is 37.7. The van der Waals surface area contributed by atoms with Crippen LogP contribution in [-0.4, -0.2) is 24.2 Å². The molecule has 0 fully saturated rings. The van der Waals surface area contributed by atoms with Gasteiger partial charge in [-0.3, -0.25) is 4.79 Å². The van der Waals surface area contributed by atoms with Gasteiger partial charge in [0.1, 0.15) is 10.6 Å². The summed E-state index contributed by atoms with van der Waals surface area (Å²) in [6, 6.07) is 12.2. The average molecular weight is 398 g/mol. The van der Waals surface area contributed by atoms with E-state index >= 15 is 0 Å². The Morgan fingerprint density at radius 3 is 2.07 bits per heavy atom. The highest BCUT2D eigenvalue weighted by molar-refractivity contribution is 7.93. The lowest BCUT2D eigenvalue weighted by molar-refractivity contribution is -0.140. The minimum Gasteiger partial charge on any atom is -0.481 e. The molecule has 2 atom stereocenters. The molecule has 1 aliphatic rings. The second-order valence-corrected chi connectivity index (χ2v) is 9.06. The first-order valence-electron chi connectivity index (χ1n) is 8.61. The molecule has 1 aliphatic carbocycles. The zero-order chi connectivity index (χ0) is 20.4. The Labute approximate surface area is 163 Å². The summed E-state index contributed by atoms with van der Waals surface area (Å²) in [7, 11) is -3.93. The minimum atomic E-state index is -3.93. The summed E-state index contributed by atoms with van der Waals surface area (Å²) >= 11 is 0. The molecule has 0 aliphatic heterocycles. The Balaban J connectivity index is 1.87. The van der Waals surface area contributed by atoms with Gasteiger partial charge in [0.2, 0.25) is 0 Å². The van der Waals surface area contributed by atoms with Crippen molar-refractivity contribution in [3.8, 4) is 0 Å². The molecule has 2 aromatic carbocycles. The first-order chi connectivity index (χ1) is 13.2. The molecule has 0 saturated carbocycles. The van der Waals surface area contributed by atoms with Gasteiger partial charge in [-0.2, -0.15) is 0 Å². The fourth-order valence-corrected chi connectivity index (χ4v) is 4.85. The smallest absolute Gasteiger partial charge is 0.312 e. The maximum absolute atomic E-state index is 13.1. The molecule has 0 aromatic heterocycles. The summed E-state index contributed by atoms with van der Waals surface area (Å²) in [6.45, 7) is 1.42. The zero-order valence-corrected chi connectivity index (χ0v) is 15.9. The van der Waals surface area contributed by atoms with E-state index in [9.17, 15) is 22.7 Å². The molecular weight excluding hydrogens is 379 g/mol. The van der Waals surface area contributed by atoms with Crippen LogP contribution in [0.3, 0.4) is 0 Å². The fourth-order valence-electron chi connectivity index (χ4n) is 3.08. The number of rotatable bonds is 5. The summed E-state index contributed by atoms with van der Waals surface area (Å²) in [5, 5.41) is 9.44. The van der Waals surface area contributed by atoms with Crippen LogP contribution >= 0.6 is 0 Å². The third kappa shape index (κ3) is 3.68. The maximum atomic E-state index is 13.1. The van der Waals surface area contributed by atoms with E-state index in [0.29, 0.717) is 0 Å². The molecule has 1 N–H and O–H groups in total. The Bertz CT molecular complexity index is 1060. The van der Waals surface area contributed by atoms with Crippen molar-refractivity contribution in [3.63, 3.8) is 0 Å². The van der Waals surface area contributed by atoms with Crippen molar-refractivity contribution in [2.75, 3.05) is 0 Å². The molecule has 0 spiro atoms. The van der Waals surface area contributed by atoms with Crippen molar-refractivity contribution in [3.05, 3.63) is 89.8 Å². The van der Waals surface area contributed by atoms with Gasteiger partial charge in [-0.25, -0.2) is 12.8 Å². The molecule has 3 rings (SSSR count). The number of halogens is 1. The third-order valence-corrected chi connectivity index (χ3v) is 7.27. The molecule has 6 heteroatoms. The van der Waals surface area contributed by atoms with Crippen LogP contribution in [-0.2, 0) is 14.6 Å². The zero-order valence-electron chi connectivity index (χ0n) is 15.1. The van der Waals surface area contributed by atoms with Gasteiger partial charge in [0.25, 0.3) is 0 Å². The SMILES string of the molecule is CC1(S(=O)(=O)c2ccc(/C=C/c3ccc(F)cc3)cc2)C=CC=CC1C(=O)O. The first kappa shape index (κ1) is 19.8. The van der Waals surface area contributed by atoms with E-state index in [0.717, 1.165) is 11.1 Å². The molecule has 4 nitrogen and oxygen atoms in total. The highest BCUT2D eigenvalue weighted by atomic mass is 32.2. The first-order valence-corrected chi connectivity index (χ1v) is 10.1. The van der Waals surface area contributed by atoms with Crippen LogP contribution in [0.1, 0.15) is 18.1 Å². The van der Waals surface area contributed by atoms with Gasteiger partial charge < -0.3 is 5.11 Å². The molecule has 0 heterocycles.